The van der Waals surface area contributed by atoms with Crippen molar-refractivity contribution in [2.24, 2.45) is 5.92 Å². The molecule has 0 aliphatic carbocycles. The van der Waals surface area contributed by atoms with E-state index in [1.807, 2.05) is 13.8 Å². The lowest BCUT2D eigenvalue weighted by Crippen LogP contribution is -1.94. The maximum absolute atomic E-state index is 9.96. The van der Waals surface area contributed by atoms with Crippen LogP contribution < -0.4 is 0 Å². The first kappa shape index (κ1) is 36.3. The quantitative estimate of drug-likeness (QED) is 0.498. The first-order valence-corrected chi connectivity index (χ1v) is 7.44. The van der Waals surface area contributed by atoms with Crippen LogP contribution in [-0.2, 0) is 9.53 Å². The summed E-state index contributed by atoms with van der Waals surface area (Å²) in [7, 11) is 1.38. The molecular formula is C17H44O2. The minimum atomic E-state index is -0.157. The van der Waals surface area contributed by atoms with E-state index in [4.69, 9.17) is 0 Å². The molecule has 0 heterocycles. The third kappa shape index (κ3) is 347. The summed E-state index contributed by atoms with van der Waals surface area (Å²) in [6.45, 7) is 20.8. The third-order valence-electron chi connectivity index (χ3n) is 0.516. The minimum Gasteiger partial charge on any atom is -0.469 e. The number of hydrogen-bond acceptors (Lipinski definition) is 2. The van der Waals surface area contributed by atoms with E-state index in [1.54, 1.807) is 6.92 Å². The SMILES string of the molecule is C.CC.CC(C)C.CCC.CCC.CCC(=O)OC. The van der Waals surface area contributed by atoms with Gasteiger partial charge in [-0.3, -0.25) is 4.79 Å². The molecule has 2 heteroatoms. The molecule has 0 N–H and O–H groups in total. The van der Waals surface area contributed by atoms with Gasteiger partial charge in [-0.05, 0) is 5.92 Å². The first-order chi connectivity index (χ1) is 8.37. The number of hydrogen-bond donors (Lipinski definition) is 0. The average Bonchev–Trinajstić information content (AvgIpc) is 2.32. The summed E-state index contributed by atoms with van der Waals surface area (Å²) < 4.78 is 4.26. The molecule has 0 bridgehead atoms. The van der Waals surface area contributed by atoms with Gasteiger partial charge < -0.3 is 4.74 Å². The lowest BCUT2D eigenvalue weighted by atomic mass is 10.3. The van der Waals surface area contributed by atoms with Crippen molar-refractivity contribution < 1.29 is 9.53 Å². The highest BCUT2D eigenvalue weighted by molar-refractivity contribution is 5.68. The molecular weight excluding hydrogens is 236 g/mol. The van der Waals surface area contributed by atoms with Crippen LogP contribution in [0.2, 0.25) is 0 Å². The lowest BCUT2D eigenvalue weighted by molar-refractivity contribution is -0.140. The first-order valence-electron chi connectivity index (χ1n) is 7.44. The van der Waals surface area contributed by atoms with Gasteiger partial charge in [-0.1, -0.05) is 89.5 Å². The number of esters is 1. The molecule has 0 saturated carbocycles. The predicted octanol–water partition coefficient (Wildman–Crippen LogP) is 6.73. The van der Waals surface area contributed by atoms with Crippen LogP contribution in [0.3, 0.4) is 0 Å². The zero-order valence-electron chi connectivity index (χ0n) is 15.0. The molecule has 19 heavy (non-hydrogen) atoms. The van der Waals surface area contributed by atoms with Gasteiger partial charge in [0.25, 0.3) is 0 Å². The summed E-state index contributed by atoms with van der Waals surface area (Å²) in [5.74, 6) is 0.676. The summed E-state index contributed by atoms with van der Waals surface area (Å²) in [5, 5.41) is 0. The van der Waals surface area contributed by atoms with E-state index in [-0.39, 0.29) is 13.4 Å². The number of methoxy groups -OCH3 is 1. The zero-order chi connectivity index (χ0) is 16.0. The molecule has 124 valence electrons. The molecule has 0 saturated heterocycles. The number of ether oxygens (including phenoxy) is 1. The highest BCUT2D eigenvalue weighted by Crippen LogP contribution is 1.81. The van der Waals surface area contributed by atoms with Gasteiger partial charge in [-0.15, -0.1) is 0 Å². The van der Waals surface area contributed by atoms with Gasteiger partial charge >= 0.3 is 5.97 Å². The molecule has 2 nitrogen and oxygen atoms in total. The molecule has 0 spiro atoms. The second kappa shape index (κ2) is 52.8. The lowest BCUT2D eigenvalue weighted by Gasteiger charge is -1.87. The smallest absolute Gasteiger partial charge is 0.305 e. The van der Waals surface area contributed by atoms with E-state index >= 15 is 0 Å². The molecule has 0 aromatic rings. The molecule has 0 radical (unpaired) electrons. The van der Waals surface area contributed by atoms with Crippen LogP contribution in [0.5, 0.6) is 0 Å². The third-order valence-corrected chi connectivity index (χ3v) is 0.516. The Balaban J connectivity index is -0.0000000290. The fourth-order valence-corrected chi connectivity index (χ4v) is 0.144. The largest absolute Gasteiger partial charge is 0.469 e. The molecule has 0 rings (SSSR count). The van der Waals surface area contributed by atoms with Crippen molar-refractivity contribution in [3.8, 4) is 0 Å². The Morgan fingerprint density at radius 1 is 0.895 bits per heavy atom. The van der Waals surface area contributed by atoms with Crippen LogP contribution in [0.1, 0.15) is 95.9 Å². The molecule has 0 amide bonds. The fraction of sp³-hybridized carbons (Fsp3) is 0.941. The predicted molar refractivity (Wildman–Crippen MR) is 92.8 cm³/mol. The van der Waals surface area contributed by atoms with Crippen LogP contribution in [0.25, 0.3) is 0 Å². The second-order valence-corrected chi connectivity index (χ2v) is 4.08. The Kier molecular flexibility index (Phi) is 101. The fourth-order valence-electron chi connectivity index (χ4n) is 0.144. The summed E-state index contributed by atoms with van der Waals surface area (Å²) in [6.07, 6.45) is 2.97. The van der Waals surface area contributed by atoms with Crippen molar-refractivity contribution in [1.82, 2.24) is 0 Å². The van der Waals surface area contributed by atoms with E-state index in [2.05, 4.69) is 53.2 Å². The van der Waals surface area contributed by atoms with E-state index in [9.17, 15) is 4.79 Å². The van der Waals surface area contributed by atoms with Gasteiger partial charge in [0.15, 0.2) is 0 Å². The summed E-state index contributed by atoms with van der Waals surface area (Å²) in [4.78, 5) is 9.96. The van der Waals surface area contributed by atoms with Crippen LogP contribution in [0, 0.1) is 5.92 Å². The molecule has 0 atom stereocenters. The zero-order valence-corrected chi connectivity index (χ0v) is 15.0. The van der Waals surface area contributed by atoms with Gasteiger partial charge in [0, 0.05) is 6.42 Å². The van der Waals surface area contributed by atoms with Crippen LogP contribution in [0.4, 0.5) is 0 Å². The van der Waals surface area contributed by atoms with Crippen molar-refractivity contribution in [1.29, 1.82) is 0 Å². The molecule has 0 aromatic carbocycles. The summed E-state index contributed by atoms with van der Waals surface area (Å²) in [5.41, 5.74) is 0. The topological polar surface area (TPSA) is 26.3 Å². The van der Waals surface area contributed by atoms with Gasteiger partial charge in [0.2, 0.25) is 0 Å². The minimum absolute atomic E-state index is 0. The van der Waals surface area contributed by atoms with Gasteiger partial charge in [-0.2, -0.15) is 0 Å². The maximum atomic E-state index is 9.96. The Labute approximate surface area is 125 Å². The van der Waals surface area contributed by atoms with Crippen molar-refractivity contribution in [3.63, 3.8) is 0 Å². The Morgan fingerprint density at radius 3 is 1.05 bits per heavy atom. The van der Waals surface area contributed by atoms with Gasteiger partial charge in [0.1, 0.15) is 0 Å². The molecule has 0 aliphatic heterocycles. The normalized spacial score (nSPS) is 6.53. The highest BCUT2D eigenvalue weighted by atomic mass is 16.5. The van der Waals surface area contributed by atoms with E-state index in [0.717, 1.165) is 5.92 Å². The standard InChI is InChI=1S/C4H8O2.C4H10.2C3H8.C2H6.CH4/c1-3-4(5)6-2;1-4(2)3;2*1-3-2;1-2;/h3H2,1-2H3;4H,1-3H3;2*3H2,1-2H3;1-2H3;1H4. The maximum Gasteiger partial charge on any atom is 0.305 e. The monoisotopic (exact) mass is 280 g/mol. The van der Waals surface area contributed by atoms with Crippen molar-refractivity contribution in [2.45, 2.75) is 95.9 Å². The molecule has 0 fully saturated rings. The molecule has 0 aromatic heterocycles. The van der Waals surface area contributed by atoms with Crippen LogP contribution in [-0.4, -0.2) is 13.1 Å². The Morgan fingerprint density at radius 2 is 1.05 bits per heavy atom. The van der Waals surface area contributed by atoms with E-state index < -0.39 is 0 Å². The number of carbonyl (C=O) groups is 1. The number of rotatable bonds is 1. The molecule has 0 aliphatic rings. The van der Waals surface area contributed by atoms with E-state index in [1.165, 1.54) is 20.0 Å². The highest BCUT2D eigenvalue weighted by Gasteiger charge is 1.87. The van der Waals surface area contributed by atoms with Crippen molar-refractivity contribution >= 4 is 5.97 Å². The van der Waals surface area contributed by atoms with Gasteiger partial charge in [-0.25, -0.2) is 0 Å². The van der Waals surface area contributed by atoms with Crippen LogP contribution >= 0.6 is 0 Å². The molecule has 0 unspecified atom stereocenters. The Bertz CT molecular complexity index is 88.7. The van der Waals surface area contributed by atoms with Crippen molar-refractivity contribution in [2.75, 3.05) is 7.11 Å². The van der Waals surface area contributed by atoms with Crippen LogP contribution in [0.15, 0.2) is 0 Å². The van der Waals surface area contributed by atoms with Gasteiger partial charge in [0.05, 0.1) is 7.11 Å². The second-order valence-electron chi connectivity index (χ2n) is 4.08. The summed E-state index contributed by atoms with van der Waals surface area (Å²) in [6, 6.07) is 0. The Hall–Kier alpha value is -0.530. The van der Waals surface area contributed by atoms with Crippen molar-refractivity contribution in [3.05, 3.63) is 0 Å². The average molecular weight is 281 g/mol. The summed E-state index contributed by atoms with van der Waals surface area (Å²) >= 11 is 0. The number of carbonyl (C=O) groups excluding carboxylic acids is 1. The van der Waals surface area contributed by atoms with E-state index in [0.29, 0.717) is 6.42 Å².